The zero-order valence-corrected chi connectivity index (χ0v) is 8.67. The molecule has 0 bridgehead atoms. The molecule has 74 valence electrons. The maximum atomic E-state index is 9.27. The lowest BCUT2D eigenvalue weighted by Crippen LogP contribution is -2.35. The second-order valence-electron chi connectivity index (χ2n) is 4.04. The minimum Gasteiger partial charge on any atom is -0.368 e. The molecule has 0 aliphatic rings. The van der Waals surface area contributed by atoms with Gasteiger partial charge in [-0.2, -0.15) is 0 Å². The molecule has 0 spiro atoms. The first-order chi connectivity index (χ1) is 5.48. The monoisotopic (exact) mass is 174 g/mol. The van der Waals surface area contributed by atoms with Gasteiger partial charge in [-0.3, -0.25) is 0 Å². The van der Waals surface area contributed by atoms with Gasteiger partial charge in [-0.1, -0.05) is 27.7 Å². The van der Waals surface area contributed by atoms with Crippen molar-refractivity contribution in [3.8, 4) is 0 Å². The SMILES string of the molecule is CCC(CC)(CC(C)C)C(O)O. The Morgan fingerprint density at radius 3 is 1.58 bits per heavy atom. The summed E-state index contributed by atoms with van der Waals surface area (Å²) in [7, 11) is 0. The fourth-order valence-corrected chi connectivity index (χ4v) is 1.82. The van der Waals surface area contributed by atoms with E-state index in [9.17, 15) is 10.2 Å². The van der Waals surface area contributed by atoms with Gasteiger partial charge in [0.15, 0.2) is 6.29 Å². The smallest absolute Gasteiger partial charge is 0.157 e. The third-order valence-electron chi connectivity index (χ3n) is 2.77. The molecule has 0 aromatic carbocycles. The van der Waals surface area contributed by atoms with Gasteiger partial charge < -0.3 is 10.2 Å². The van der Waals surface area contributed by atoms with Crippen LogP contribution < -0.4 is 0 Å². The van der Waals surface area contributed by atoms with Crippen molar-refractivity contribution in [2.45, 2.75) is 53.2 Å². The van der Waals surface area contributed by atoms with Crippen LogP contribution in [-0.4, -0.2) is 16.5 Å². The zero-order valence-electron chi connectivity index (χ0n) is 8.67. The molecule has 0 fully saturated rings. The van der Waals surface area contributed by atoms with E-state index in [0.717, 1.165) is 19.3 Å². The first-order valence-electron chi connectivity index (χ1n) is 4.84. The fourth-order valence-electron chi connectivity index (χ4n) is 1.82. The van der Waals surface area contributed by atoms with Gasteiger partial charge in [-0.05, 0) is 25.2 Å². The number of hydrogen-bond donors (Lipinski definition) is 2. The molecule has 0 saturated carbocycles. The minimum atomic E-state index is -1.17. The quantitative estimate of drug-likeness (QED) is 0.627. The first kappa shape index (κ1) is 11.9. The summed E-state index contributed by atoms with van der Waals surface area (Å²) in [6, 6.07) is 0. The normalized spacial score (nSPS) is 13.0. The Morgan fingerprint density at radius 2 is 1.50 bits per heavy atom. The van der Waals surface area contributed by atoms with E-state index in [2.05, 4.69) is 13.8 Å². The molecule has 2 N–H and O–H groups in total. The van der Waals surface area contributed by atoms with Crippen LogP contribution >= 0.6 is 0 Å². The van der Waals surface area contributed by atoms with Crippen molar-refractivity contribution in [2.24, 2.45) is 11.3 Å². The van der Waals surface area contributed by atoms with Crippen molar-refractivity contribution < 1.29 is 10.2 Å². The third kappa shape index (κ3) is 2.76. The number of hydrogen-bond acceptors (Lipinski definition) is 2. The van der Waals surface area contributed by atoms with Gasteiger partial charge in [0.2, 0.25) is 0 Å². The molecule has 0 amide bonds. The standard InChI is InChI=1S/C10H22O2/c1-5-10(6-2,9(11)12)7-8(3)4/h8-9,11-12H,5-7H2,1-4H3. The average molecular weight is 174 g/mol. The second-order valence-corrected chi connectivity index (χ2v) is 4.04. The highest BCUT2D eigenvalue weighted by Crippen LogP contribution is 2.36. The van der Waals surface area contributed by atoms with E-state index in [0.29, 0.717) is 5.92 Å². The molecule has 0 aliphatic heterocycles. The van der Waals surface area contributed by atoms with Crippen molar-refractivity contribution in [3.05, 3.63) is 0 Å². The maximum absolute atomic E-state index is 9.27. The molecular weight excluding hydrogens is 152 g/mol. The van der Waals surface area contributed by atoms with Crippen LogP contribution in [0.3, 0.4) is 0 Å². The highest BCUT2D eigenvalue weighted by molar-refractivity contribution is 4.79. The highest BCUT2D eigenvalue weighted by Gasteiger charge is 2.33. The summed E-state index contributed by atoms with van der Waals surface area (Å²) < 4.78 is 0. The average Bonchev–Trinajstić information content (AvgIpc) is 1.99. The Kier molecular flexibility index (Phi) is 4.80. The summed E-state index contributed by atoms with van der Waals surface area (Å²) in [5.74, 6) is 0.520. The van der Waals surface area contributed by atoms with E-state index < -0.39 is 6.29 Å². The molecule has 0 radical (unpaired) electrons. The molecule has 0 aromatic heterocycles. The first-order valence-corrected chi connectivity index (χ1v) is 4.84. The van der Waals surface area contributed by atoms with Gasteiger partial charge in [0.1, 0.15) is 0 Å². The summed E-state index contributed by atoms with van der Waals surface area (Å²) in [5.41, 5.74) is -0.284. The molecule has 0 rings (SSSR count). The van der Waals surface area contributed by atoms with E-state index in [1.54, 1.807) is 0 Å². The third-order valence-corrected chi connectivity index (χ3v) is 2.77. The van der Waals surface area contributed by atoms with Crippen LogP contribution in [0.25, 0.3) is 0 Å². The summed E-state index contributed by atoms with van der Waals surface area (Å²) in [6.07, 6.45) is 1.38. The number of aliphatic hydroxyl groups is 2. The van der Waals surface area contributed by atoms with Gasteiger partial charge in [0.05, 0.1) is 0 Å². The van der Waals surface area contributed by atoms with E-state index in [1.165, 1.54) is 0 Å². The van der Waals surface area contributed by atoms with Crippen LogP contribution in [0.1, 0.15) is 47.0 Å². The molecule has 2 nitrogen and oxygen atoms in total. The lowest BCUT2D eigenvalue weighted by Gasteiger charge is -2.35. The predicted octanol–water partition coefficient (Wildman–Crippen LogP) is 2.15. The largest absolute Gasteiger partial charge is 0.368 e. The van der Waals surface area contributed by atoms with Crippen molar-refractivity contribution in [1.29, 1.82) is 0 Å². The summed E-state index contributed by atoms with van der Waals surface area (Å²) in [6.45, 7) is 8.27. The van der Waals surface area contributed by atoms with Crippen LogP contribution in [0.5, 0.6) is 0 Å². The predicted molar refractivity (Wildman–Crippen MR) is 50.7 cm³/mol. The highest BCUT2D eigenvalue weighted by atomic mass is 16.5. The fraction of sp³-hybridized carbons (Fsp3) is 1.00. The molecular formula is C10H22O2. The van der Waals surface area contributed by atoms with Crippen molar-refractivity contribution in [2.75, 3.05) is 0 Å². The van der Waals surface area contributed by atoms with Crippen LogP contribution in [-0.2, 0) is 0 Å². The molecule has 12 heavy (non-hydrogen) atoms. The van der Waals surface area contributed by atoms with Crippen molar-refractivity contribution in [1.82, 2.24) is 0 Å². The minimum absolute atomic E-state index is 0.284. The molecule has 0 atom stereocenters. The lowest BCUT2D eigenvalue weighted by molar-refractivity contribution is -0.146. The Morgan fingerprint density at radius 1 is 1.08 bits per heavy atom. The van der Waals surface area contributed by atoms with Gasteiger partial charge in [-0.25, -0.2) is 0 Å². The molecule has 0 saturated heterocycles. The van der Waals surface area contributed by atoms with Crippen LogP contribution in [0.2, 0.25) is 0 Å². The van der Waals surface area contributed by atoms with E-state index in [1.807, 2.05) is 13.8 Å². The molecule has 0 aromatic rings. The van der Waals surface area contributed by atoms with Crippen LogP contribution in [0.4, 0.5) is 0 Å². The Bertz CT molecular complexity index is 115. The maximum Gasteiger partial charge on any atom is 0.157 e. The van der Waals surface area contributed by atoms with Crippen LogP contribution in [0.15, 0.2) is 0 Å². The molecule has 2 heteroatoms. The molecule has 0 aliphatic carbocycles. The Balaban J connectivity index is 4.35. The van der Waals surface area contributed by atoms with E-state index in [-0.39, 0.29) is 5.41 Å². The summed E-state index contributed by atoms with van der Waals surface area (Å²) >= 11 is 0. The van der Waals surface area contributed by atoms with Crippen molar-refractivity contribution >= 4 is 0 Å². The Hall–Kier alpha value is -0.0800. The van der Waals surface area contributed by atoms with E-state index in [4.69, 9.17) is 0 Å². The topological polar surface area (TPSA) is 40.5 Å². The Labute approximate surface area is 75.6 Å². The summed E-state index contributed by atoms with van der Waals surface area (Å²) in [5, 5.41) is 18.5. The van der Waals surface area contributed by atoms with Gasteiger partial charge in [0, 0.05) is 5.41 Å². The van der Waals surface area contributed by atoms with Gasteiger partial charge in [0.25, 0.3) is 0 Å². The van der Waals surface area contributed by atoms with Gasteiger partial charge >= 0.3 is 0 Å². The van der Waals surface area contributed by atoms with Gasteiger partial charge in [-0.15, -0.1) is 0 Å². The zero-order chi connectivity index (χ0) is 9.78. The molecule has 0 unspecified atom stereocenters. The van der Waals surface area contributed by atoms with Crippen LogP contribution in [0, 0.1) is 11.3 Å². The van der Waals surface area contributed by atoms with Crippen molar-refractivity contribution in [3.63, 3.8) is 0 Å². The molecule has 0 heterocycles. The lowest BCUT2D eigenvalue weighted by atomic mass is 9.75. The van der Waals surface area contributed by atoms with E-state index >= 15 is 0 Å². The number of aliphatic hydroxyl groups excluding tert-OH is 1. The second kappa shape index (κ2) is 4.83. The summed E-state index contributed by atoms with van der Waals surface area (Å²) in [4.78, 5) is 0. The number of rotatable bonds is 5.